The first-order valence-electron chi connectivity index (χ1n) is 6.59. The zero-order valence-corrected chi connectivity index (χ0v) is 13.1. The average molecular weight is 330 g/mol. The second-order valence-corrected chi connectivity index (χ2v) is 5.45. The topological polar surface area (TPSA) is 54.6 Å². The molecule has 0 aliphatic heterocycles. The fourth-order valence-corrected chi connectivity index (χ4v) is 2.14. The van der Waals surface area contributed by atoms with Crippen LogP contribution in [0.3, 0.4) is 0 Å². The minimum atomic E-state index is -0.669. The van der Waals surface area contributed by atoms with E-state index in [2.05, 4.69) is 5.32 Å². The number of nitrogens with one attached hydrogen (secondary N) is 1. The smallest absolute Gasteiger partial charge is 0.139 e. The highest BCUT2D eigenvalue weighted by Gasteiger charge is 2.12. The van der Waals surface area contributed by atoms with E-state index in [1.807, 2.05) is 19.1 Å². The summed E-state index contributed by atoms with van der Waals surface area (Å²) in [6.07, 6.45) is 0.950. The maximum atomic E-state index is 9.92. The molecule has 1 aromatic heterocycles. The summed E-state index contributed by atoms with van der Waals surface area (Å²) in [5.41, 5.74) is 0. The van der Waals surface area contributed by atoms with Crippen LogP contribution in [0.2, 0.25) is 10.0 Å². The minimum absolute atomic E-state index is 0.0180. The van der Waals surface area contributed by atoms with Crippen molar-refractivity contribution in [2.45, 2.75) is 19.1 Å². The molecule has 21 heavy (non-hydrogen) atoms. The molecule has 0 saturated carbocycles. The summed E-state index contributed by atoms with van der Waals surface area (Å²) in [5, 5.41) is 13.9. The molecule has 2 N–H and O–H groups in total. The van der Waals surface area contributed by atoms with Crippen LogP contribution in [0.4, 0.5) is 0 Å². The third-order valence-corrected chi connectivity index (χ3v) is 3.78. The third kappa shape index (κ3) is 4.64. The van der Waals surface area contributed by atoms with Gasteiger partial charge >= 0.3 is 0 Å². The van der Waals surface area contributed by atoms with Crippen LogP contribution in [0.1, 0.15) is 18.7 Å². The van der Waals surface area contributed by atoms with E-state index >= 15 is 0 Å². The van der Waals surface area contributed by atoms with Gasteiger partial charge in [-0.3, -0.25) is 0 Å². The number of aliphatic hydroxyl groups excluding tert-OH is 1. The summed E-state index contributed by atoms with van der Waals surface area (Å²) >= 11 is 11.9. The molecule has 2 rings (SSSR count). The van der Waals surface area contributed by atoms with Crippen molar-refractivity contribution in [1.29, 1.82) is 0 Å². The van der Waals surface area contributed by atoms with Gasteiger partial charge in [0.15, 0.2) is 0 Å². The lowest BCUT2D eigenvalue weighted by atomic mass is 10.2. The molecule has 0 radical (unpaired) electrons. The molecule has 0 saturated heterocycles. The minimum Gasteiger partial charge on any atom is -0.489 e. The molecular weight excluding hydrogens is 313 g/mol. The number of ether oxygens (including phenoxy) is 1. The average Bonchev–Trinajstić information content (AvgIpc) is 3.00. The van der Waals surface area contributed by atoms with Gasteiger partial charge in [0.25, 0.3) is 0 Å². The SMILES string of the molecule is CC(NCC(O)COc1cccc(Cl)c1Cl)c1ccco1. The lowest BCUT2D eigenvalue weighted by molar-refractivity contribution is 0.103. The van der Waals surface area contributed by atoms with Crippen molar-refractivity contribution in [2.75, 3.05) is 13.2 Å². The highest BCUT2D eigenvalue weighted by molar-refractivity contribution is 6.42. The van der Waals surface area contributed by atoms with Crippen LogP contribution in [-0.4, -0.2) is 24.4 Å². The molecule has 0 fully saturated rings. The van der Waals surface area contributed by atoms with E-state index in [-0.39, 0.29) is 12.6 Å². The molecule has 2 unspecified atom stereocenters. The van der Waals surface area contributed by atoms with E-state index in [1.54, 1.807) is 24.5 Å². The zero-order chi connectivity index (χ0) is 15.2. The lowest BCUT2D eigenvalue weighted by Crippen LogP contribution is -2.32. The van der Waals surface area contributed by atoms with Gasteiger partial charge in [0.05, 0.1) is 17.3 Å². The number of rotatable bonds is 7. The van der Waals surface area contributed by atoms with E-state index in [0.717, 1.165) is 5.76 Å². The predicted molar refractivity (Wildman–Crippen MR) is 83.1 cm³/mol. The normalized spacial score (nSPS) is 13.9. The molecule has 0 amide bonds. The summed E-state index contributed by atoms with van der Waals surface area (Å²) in [6, 6.07) is 8.86. The number of furan rings is 1. The first-order valence-corrected chi connectivity index (χ1v) is 7.35. The molecule has 1 heterocycles. The molecule has 0 aliphatic rings. The first kappa shape index (κ1) is 16.2. The maximum absolute atomic E-state index is 9.92. The van der Waals surface area contributed by atoms with Gasteiger partial charge < -0.3 is 19.6 Å². The summed E-state index contributed by atoms with van der Waals surface area (Å²) in [7, 11) is 0. The molecule has 2 aromatic rings. The van der Waals surface area contributed by atoms with Crippen molar-refractivity contribution in [3.63, 3.8) is 0 Å². The molecule has 0 aliphatic carbocycles. The maximum Gasteiger partial charge on any atom is 0.139 e. The highest BCUT2D eigenvalue weighted by Crippen LogP contribution is 2.31. The Labute approximate surface area is 133 Å². The molecular formula is C15H17Cl2NO3. The number of halogens is 2. The van der Waals surface area contributed by atoms with Crippen molar-refractivity contribution in [1.82, 2.24) is 5.32 Å². The summed E-state index contributed by atoms with van der Waals surface area (Å²) < 4.78 is 10.8. The van der Waals surface area contributed by atoms with Gasteiger partial charge in [0.1, 0.15) is 29.2 Å². The van der Waals surface area contributed by atoms with Crippen LogP contribution in [0.15, 0.2) is 41.0 Å². The number of hydrogen-bond acceptors (Lipinski definition) is 4. The number of benzene rings is 1. The number of aliphatic hydroxyl groups is 1. The van der Waals surface area contributed by atoms with Crippen LogP contribution in [0.5, 0.6) is 5.75 Å². The molecule has 1 aromatic carbocycles. The van der Waals surface area contributed by atoms with E-state index in [0.29, 0.717) is 22.3 Å². The second kappa shape index (κ2) is 7.71. The van der Waals surface area contributed by atoms with E-state index < -0.39 is 6.10 Å². The van der Waals surface area contributed by atoms with E-state index in [9.17, 15) is 5.11 Å². The van der Waals surface area contributed by atoms with Gasteiger partial charge in [0, 0.05) is 6.54 Å². The molecule has 4 nitrogen and oxygen atoms in total. The van der Waals surface area contributed by atoms with Crippen LogP contribution >= 0.6 is 23.2 Å². The fraction of sp³-hybridized carbons (Fsp3) is 0.333. The molecule has 0 bridgehead atoms. The van der Waals surface area contributed by atoms with Crippen molar-refractivity contribution in [3.8, 4) is 5.75 Å². The van der Waals surface area contributed by atoms with E-state index in [4.69, 9.17) is 32.4 Å². The Morgan fingerprint density at radius 2 is 2.10 bits per heavy atom. The van der Waals surface area contributed by atoms with Crippen LogP contribution < -0.4 is 10.1 Å². The van der Waals surface area contributed by atoms with Crippen LogP contribution in [-0.2, 0) is 0 Å². The lowest BCUT2D eigenvalue weighted by Gasteiger charge is -2.17. The Morgan fingerprint density at radius 1 is 1.29 bits per heavy atom. The third-order valence-electron chi connectivity index (χ3n) is 2.98. The van der Waals surface area contributed by atoms with Gasteiger partial charge in [-0.25, -0.2) is 0 Å². The molecule has 0 spiro atoms. The fourth-order valence-electron chi connectivity index (χ4n) is 1.79. The van der Waals surface area contributed by atoms with Crippen molar-refractivity contribution >= 4 is 23.2 Å². The molecule has 6 heteroatoms. The Balaban J connectivity index is 1.77. The van der Waals surface area contributed by atoms with Crippen LogP contribution in [0, 0.1) is 0 Å². The molecule has 2 atom stereocenters. The Bertz CT molecular complexity index is 560. The Kier molecular flexibility index (Phi) is 5.94. The van der Waals surface area contributed by atoms with Gasteiger partial charge in [-0.05, 0) is 31.2 Å². The second-order valence-electron chi connectivity index (χ2n) is 4.66. The van der Waals surface area contributed by atoms with E-state index in [1.165, 1.54) is 0 Å². The zero-order valence-electron chi connectivity index (χ0n) is 11.6. The van der Waals surface area contributed by atoms with Gasteiger partial charge in [-0.1, -0.05) is 29.3 Å². The number of hydrogen-bond donors (Lipinski definition) is 2. The molecule has 114 valence electrons. The van der Waals surface area contributed by atoms with Gasteiger partial charge in [-0.15, -0.1) is 0 Å². The Hall–Kier alpha value is -1.20. The summed E-state index contributed by atoms with van der Waals surface area (Å²) in [4.78, 5) is 0. The van der Waals surface area contributed by atoms with Crippen molar-refractivity contribution < 1.29 is 14.3 Å². The van der Waals surface area contributed by atoms with Crippen LogP contribution in [0.25, 0.3) is 0 Å². The summed E-state index contributed by atoms with van der Waals surface area (Å²) in [5.74, 6) is 1.28. The predicted octanol–water partition coefficient (Wildman–Crippen LogP) is 3.68. The highest BCUT2D eigenvalue weighted by atomic mass is 35.5. The van der Waals surface area contributed by atoms with Gasteiger partial charge in [0.2, 0.25) is 0 Å². The summed E-state index contributed by atoms with van der Waals surface area (Å²) in [6.45, 7) is 2.46. The van der Waals surface area contributed by atoms with Crippen molar-refractivity contribution in [2.24, 2.45) is 0 Å². The largest absolute Gasteiger partial charge is 0.489 e. The van der Waals surface area contributed by atoms with Crippen molar-refractivity contribution in [3.05, 3.63) is 52.4 Å². The first-order chi connectivity index (χ1) is 10.1. The Morgan fingerprint density at radius 3 is 2.81 bits per heavy atom. The standard InChI is InChI=1S/C15H17Cl2NO3/c1-10(13-6-3-7-20-13)18-8-11(19)9-21-14-5-2-4-12(16)15(14)17/h2-7,10-11,18-19H,8-9H2,1H3. The van der Waals surface area contributed by atoms with Gasteiger partial charge in [-0.2, -0.15) is 0 Å². The monoisotopic (exact) mass is 329 g/mol. The quantitative estimate of drug-likeness (QED) is 0.813.